The summed E-state index contributed by atoms with van der Waals surface area (Å²) in [7, 11) is -1.15. The van der Waals surface area contributed by atoms with Gasteiger partial charge in [-0.25, -0.2) is 8.42 Å². The highest BCUT2D eigenvalue weighted by molar-refractivity contribution is 7.92. The molecular weight excluding hydrogens is 432 g/mol. The summed E-state index contributed by atoms with van der Waals surface area (Å²) in [4.78, 5) is 12.6. The van der Waals surface area contributed by atoms with Gasteiger partial charge in [-0.05, 0) is 42.8 Å². The van der Waals surface area contributed by atoms with E-state index in [2.05, 4.69) is 5.32 Å². The van der Waals surface area contributed by atoms with Crippen LogP contribution in [0.5, 0.6) is 11.5 Å². The molecular formula is C23H26N2O6S. The van der Waals surface area contributed by atoms with Gasteiger partial charge in [-0.2, -0.15) is 0 Å². The van der Waals surface area contributed by atoms with Crippen LogP contribution in [0.2, 0.25) is 0 Å². The molecule has 0 aliphatic carbocycles. The number of rotatable bonds is 11. The van der Waals surface area contributed by atoms with Crippen molar-refractivity contribution >= 4 is 21.6 Å². The van der Waals surface area contributed by atoms with E-state index < -0.39 is 15.9 Å². The lowest BCUT2D eigenvalue weighted by Gasteiger charge is -2.24. The number of aryl methyl sites for hydroxylation is 1. The fraction of sp³-hybridized carbons (Fsp3) is 0.261. The molecule has 0 radical (unpaired) electrons. The molecule has 0 fully saturated rings. The first-order valence-corrected chi connectivity index (χ1v) is 11.5. The summed E-state index contributed by atoms with van der Waals surface area (Å²) >= 11 is 0. The first kappa shape index (κ1) is 23.2. The zero-order chi connectivity index (χ0) is 23.0. The van der Waals surface area contributed by atoms with Crippen LogP contribution in [0, 0.1) is 0 Å². The third-order valence-corrected chi connectivity index (χ3v) is 6.55. The van der Waals surface area contributed by atoms with Crippen LogP contribution in [-0.2, 0) is 21.2 Å². The molecule has 3 rings (SSSR count). The zero-order valence-electron chi connectivity index (χ0n) is 18.0. The Morgan fingerprint density at radius 3 is 2.41 bits per heavy atom. The summed E-state index contributed by atoms with van der Waals surface area (Å²) in [6.07, 6.45) is 2.96. The number of carbonyl (C=O) groups is 1. The van der Waals surface area contributed by atoms with Crippen LogP contribution in [0.4, 0.5) is 5.69 Å². The number of hydrogen-bond acceptors (Lipinski definition) is 6. The maximum absolute atomic E-state index is 13.5. The van der Waals surface area contributed by atoms with Crippen molar-refractivity contribution in [2.45, 2.75) is 17.7 Å². The molecule has 170 valence electrons. The van der Waals surface area contributed by atoms with Crippen LogP contribution in [0.1, 0.15) is 12.2 Å². The number of methoxy groups -OCH3 is 2. The number of anilines is 1. The molecule has 9 heteroatoms. The van der Waals surface area contributed by atoms with E-state index >= 15 is 0 Å². The Morgan fingerprint density at radius 1 is 1.00 bits per heavy atom. The molecule has 1 N–H and O–H groups in total. The Balaban J connectivity index is 1.77. The topological polar surface area (TPSA) is 98.1 Å². The van der Waals surface area contributed by atoms with Crippen molar-refractivity contribution in [3.05, 3.63) is 72.7 Å². The van der Waals surface area contributed by atoms with E-state index in [0.717, 1.165) is 10.1 Å². The maximum atomic E-state index is 13.5. The third kappa shape index (κ3) is 5.61. The Morgan fingerprint density at radius 2 is 1.75 bits per heavy atom. The normalized spacial score (nSPS) is 11.1. The molecule has 0 atom stereocenters. The van der Waals surface area contributed by atoms with E-state index in [-0.39, 0.29) is 17.2 Å². The van der Waals surface area contributed by atoms with Crippen LogP contribution >= 0.6 is 0 Å². The molecule has 0 unspecified atom stereocenters. The highest BCUT2D eigenvalue weighted by Crippen LogP contribution is 2.32. The number of para-hydroxylation sites is 1. The van der Waals surface area contributed by atoms with Crippen molar-refractivity contribution < 1.29 is 27.1 Å². The predicted octanol–water partition coefficient (Wildman–Crippen LogP) is 3.24. The quantitative estimate of drug-likeness (QED) is 0.443. The van der Waals surface area contributed by atoms with Crippen LogP contribution < -0.4 is 19.1 Å². The van der Waals surface area contributed by atoms with Gasteiger partial charge in [0.2, 0.25) is 5.91 Å². The molecule has 32 heavy (non-hydrogen) atoms. The van der Waals surface area contributed by atoms with Gasteiger partial charge in [0, 0.05) is 19.0 Å². The van der Waals surface area contributed by atoms with Crippen LogP contribution in [0.25, 0.3) is 0 Å². The standard InChI is InChI=1S/C23H26N2O6S/c1-29-21-13-12-20(16-22(21)30-2)32(27,28)25(18-8-4-3-5-9-18)17-23(26)24-14-6-10-19-11-7-15-31-19/h3-5,7-9,11-13,15-16H,6,10,14,17H2,1-2H3,(H,24,26). The number of hydrogen-bond donors (Lipinski definition) is 1. The van der Waals surface area contributed by atoms with Crippen molar-refractivity contribution in [3.8, 4) is 11.5 Å². The summed E-state index contributed by atoms with van der Waals surface area (Å²) in [5.41, 5.74) is 0.382. The number of benzene rings is 2. The van der Waals surface area contributed by atoms with Gasteiger partial charge in [0.1, 0.15) is 12.3 Å². The van der Waals surface area contributed by atoms with Gasteiger partial charge < -0.3 is 19.2 Å². The Kier molecular flexibility index (Phi) is 7.77. The van der Waals surface area contributed by atoms with E-state index in [0.29, 0.717) is 30.8 Å². The van der Waals surface area contributed by atoms with E-state index in [1.807, 2.05) is 12.1 Å². The molecule has 0 aliphatic rings. The lowest BCUT2D eigenvalue weighted by atomic mass is 10.2. The van der Waals surface area contributed by atoms with Crippen LogP contribution in [0.3, 0.4) is 0 Å². The van der Waals surface area contributed by atoms with Crippen LogP contribution in [-0.4, -0.2) is 41.6 Å². The highest BCUT2D eigenvalue weighted by atomic mass is 32.2. The molecule has 2 aromatic carbocycles. The Labute approximate surface area is 187 Å². The second-order valence-electron chi connectivity index (χ2n) is 6.90. The lowest BCUT2D eigenvalue weighted by molar-refractivity contribution is -0.119. The van der Waals surface area contributed by atoms with E-state index in [1.54, 1.807) is 36.6 Å². The largest absolute Gasteiger partial charge is 0.493 e. The summed E-state index contributed by atoms with van der Waals surface area (Å²) in [6.45, 7) is 0.0417. The monoisotopic (exact) mass is 458 g/mol. The van der Waals surface area contributed by atoms with Crippen molar-refractivity contribution in [1.29, 1.82) is 0 Å². The molecule has 8 nitrogen and oxygen atoms in total. The number of nitrogens with one attached hydrogen (secondary N) is 1. The van der Waals surface area contributed by atoms with Crippen molar-refractivity contribution in [1.82, 2.24) is 5.32 Å². The molecule has 1 aromatic heterocycles. The second kappa shape index (κ2) is 10.7. The number of carbonyl (C=O) groups excluding carboxylic acids is 1. The number of amides is 1. The number of furan rings is 1. The summed E-state index contributed by atoms with van der Waals surface area (Å²) in [6, 6.07) is 16.5. The average molecular weight is 459 g/mol. The molecule has 1 heterocycles. The fourth-order valence-electron chi connectivity index (χ4n) is 3.15. The Hall–Kier alpha value is -3.46. The molecule has 0 aliphatic heterocycles. The average Bonchev–Trinajstić information content (AvgIpc) is 3.34. The molecule has 0 spiro atoms. The zero-order valence-corrected chi connectivity index (χ0v) is 18.8. The molecule has 0 bridgehead atoms. The SMILES string of the molecule is COc1ccc(S(=O)(=O)N(CC(=O)NCCCc2ccco2)c2ccccc2)cc1OC. The van der Waals surface area contributed by atoms with E-state index in [9.17, 15) is 13.2 Å². The molecule has 0 saturated carbocycles. The van der Waals surface area contributed by atoms with Crippen LogP contribution in [0.15, 0.2) is 76.2 Å². The number of ether oxygens (including phenoxy) is 2. The maximum Gasteiger partial charge on any atom is 0.264 e. The van der Waals surface area contributed by atoms with Crippen molar-refractivity contribution in [2.75, 3.05) is 31.6 Å². The second-order valence-corrected chi connectivity index (χ2v) is 8.76. The Bertz CT molecular complexity index is 1110. The highest BCUT2D eigenvalue weighted by Gasteiger charge is 2.28. The summed E-state index contributed by atoms with van der Waals surface area (Å²) in [5.74, 6) is 1.12. The van der Waals surface area contributed by atoms with Gasteiger partial charge in [0.25, 0.3) is 10.0 Å². The first-order valence-electron chi connectivity index (χ1n) is 10.0. The van der Waals surface area contributed by atoms with E-state index in [4.69, 9.17) is 13.9 Å². The molecule has 3 aromatic rings. The smallest absolute Gasteiger partial charge is 0.264 e. The van der Waals surface area contributed by atoms with Gasteiger partial charge in [0.15, 0.2) is 11.5 Å². The minimum atomic E-state index is -4.05. The van der Waals surface area contributed by atoms with E-state index in [1.165, 1.54) is 32.4 Å². The number of sulfonamides is 1. The fourth-order valence-corrected chi connectivity index (χ4v) is 4.58. The van der Waals surface area contributed by atoms with Gasteiger partial charge >= 0.3 is 0 Å². The predicted molar refractivity (Wildman–Crippen MR) is 121 cm³/mol. The van der Waals surface area contributed by atoms with Gasteiger partial charge in [0.05, 0.1) is 31.1 Å². The van der Waals surface area contributed by atoms with Crippen molar-refractivity contribution in [2.24, 2.45) is 0 Å². The van der Waals surface area contributed by atoms with Gasteiger partial charge in [-0.1, -0.05) is 18.2 Å². The number of nitrogens with zero attached hydrogens (tertiary/aromatic N) is 1. The third-order valence-electron chi connectivity index (χ3n) is 4.78. The molecule has 1 amide bonds. The van der Waals surface area contributed by atoms with Gasteiger partial charge in [-0.3, -0.25) is 9.10 Å². The molecule has 0 saturated heterocycles. The lowest BCUT2D eigenvalue weighted by Crippen LogP contribution is -2.41. The minimum Gasteiger partial charge on any atom is -0.493 e. The summed E-state index contributed by atoms with van der Waals surface area (Å²) in [5, 5.41) is 2.78. The van der Waals surface area contributed by atoms with Gasteiger partial charge in [-0.15, -0.1) is 0 Å². The summed E-state index contributed by atoms with van der Waals surface area (Å²) < 4.78 is 43.7. The van der Waals surface area contributed by atoms with Crippen molar-refractivity contribution in [3.63, 3.8) is 0 Å². The first-order chi connectivity index (χ1) is 15.5. The minimum absolute atomic E-state index is 0.00961.